The molecule has 4 rings (SSSR count). The molecule has 0 aliphatic heterocycles. The van der Waals surface area contributed by atoms with Gasteiger partial charge in [-0.1, -0.05) is 13.8 Å². The van der Waals surface area contributed by atoms with Gasteiger partial charge in [-0.25, -0.2) is 0 Å². The Morgan fingerprint density at radius 3 is 2.24 bits per heavy atom. The molecule has 0 aromatic carbocycles. The molecular formula is C25H46O2Si2. The molecule has 0 radical (unpaired) electrons. The summed E-state index contributed by atoms with van der Waals surface area (Å²) in [5.74, 6) is 4.91. The highest BCUT2D eigenvalue weighted by atomic mass is 28.4. The van der Waals surface area contributed by atoms with Crippen molar-refractivity contribution in [3.05, 3.63) is 11.8 Å². The standard InChI is InChI=1S/C25H46O2Si2/c1-24-15-13-19(26-28(3,4)5)17-18(24)9-10-20-21-11-12-23(27-29(6,7)8)25(21,2)16-14-22(20)24/h12,18-22H,9-11,13-17H2,1-8H3. The molecule has 29 heavy (non-hydrogen) atoms. The monoisotopic (exact) mass is 434 g/mol. The summed E-state index contributed by atoms with van der Waals surface area (Å²) in [7, 11) is -2.97. The van der Waals surface area contributed by atoms with Gasteiger partial charge in [0.2, 0.25) is 8.32 Å². The zero-order valence-electron chi connectivity index (χ0n) is 20.4. The molecule has 0 aromatic heterocycles. The van der Waals surface area contributed by atoms with Crippen LogP contribution in [-0.2, 0) is 8.85 Å². The van der Waals surface area contributed by atoms with Gasteiger partial charge in [-0.05, 0) is 126 Å². The lowest BCUT2D eigenvalue weighted by Crippen LogP contribution is -2.54. The normalized spacial score (nSPS) is 45.1. The third-order valence-electron chi connectivity index (χ3n) is 9.06. The summed E-state index contributed by atoms with van der Waals surface area (Å²) < 4.78 is 13.2. The lowest BCUT2D eigenvalue weighted by Gasteiger charge is -2.61. The Morgan fingerprint density at radius 2 is 1.59 bits per heavy atom. The van der Waals surface area contributed by atoms with E-state index in [1.807, 2.05) is 0 Å². The SMILES string of the molecule is CC12CCC3C(CCC4CC(O[Si](C)(C)C)CCC43C)C1CC=C2O[Si](C)(C)C. The molecule has 7 unspecified atom stereocenters. The minimum Gasteiger partial charge on any atom is -0.547 e. The van der Waals surface area contributed by atoms with E-state index in [0.29, 0.717) is 16.9 Å². The lowest BCUT2D eigenvalue weighted by atomic mass is 9.45. The van der Waals surface area contributed by atoms with E-state index in [0.717, 1.165) is 23.7 Å². The summed E-state index contributed by atoms with van der Waals surface area (Å²) >= 11 is 0. The van der Waals surface area contributed by atoms with E-state index < -0.39 is 16.6 Å². The van der Waals surface area contributed by atoms with Crippen molar-refractivity contribution in [2.45, 2.75) is 111 Å². The van der Waals surface area contributed by atoms with Crippen LogP contribution in [0, 0.1) is 34.5 Å². The van der Waals surface area contributed by atoms with Gasteiger partial charge in [-0.15, -0.1) is 0 Å². The van der Waals surface area contributed by atoms with Gasteiger partial charge < -0.3 is 8.85 Å². The molecule has 0 aromatic rings. The first-order valence-corrected chi connectivity index (χ1v) is 19.2. The molecular weight excluding hydrogens is 388 g/mol. The van der Waals surface area contributed by atoms with Crippen molar-refractivity contribution in [1.29, 1.82) is 0 Å². The van der Waals surface area contributed by atoms with Crippen molar-refractivity contribution in [2.24, 2.45) is 34.5 Å². The van der Waals surface area contributed by atoms with Gasteiger partial charge in [0.05, 0.1) is 5.76 Å². The average Bonchev–Trinajstić information content (AvgIpc) is 2.89. The Hall–Kier alpha value is -0.0662. The smallest absolute Gasteiger partial charge is 0.241 e. The van der Waals surface area contributed by atoms with E-state index >= 15 is 0 Å². The fourth-order valence-electron chi connectivity index (χ4n) is 7.84. The molecule has 3 saturated carbocycles. The average molecular weight is 435 g/mol. The summed E-state index contributed by atoms with van der Waals surface area (Å²) in [6.07, 6.45) is 13.9. The predicted molar refractivity (Wildman–Crippen MR) is 128 cm³/mol. The third-order valence-corrected chi connectivity index (χ3v) is 10.9. The topological polar surface area (TPSA) is 18.5 Å². The summed E-state index contributed by atoms with van der Waals surface area (Å²) in [4.78, 5) is 0. The van der Waals surface area contributed by atoms with Gasteiger partial charge in [0.1, 0.15) is 0 Å². The number of allylic oxidation sites excluding steroid dienone is 2. The molecule has 0 N–H and O–H groups in total. The summed E-state index contributed by atoms with van der Waals surface area (Å²) in [5, 5.41) is 0. The number of rotatable bonds is 4. The van der Waals surface area contributed by atoms with E-state index in [9.17, 15) is 0 Å². The van der Waals surface area contributed by atoms with Crippen molar-refractivity contribution < 1.29 is 8.85 Å². The molecule has 0 amide bonds. The van der Waals surface area contributed by atoms with Crippen LogP contribution in [0.25, 0.3) is 0 Å². The van der Waals surface area contributed by atoms with Crippen LogP contribution >= 0.6 is 0 Å². The molecule has 4 aliphatic rings. The van der Waals surface area contributed by atoms with Gasteiger partial charge in [0.25, 0.3) is 0 Å². The van der Waals surface area contributed by atoms with E-state index in [-0.39, 0.29) is 0 Å². The molecule has 4 aliphatic carbocycles. The van der Waals surface area contributed by atoms with Crippen molar-refractivity contribution in [1.82, 2.24) is 0 Å². The van der Waals surface area contributed by atoms with Gasteiger partial charge in [0, 0.05) is 11.5 Å². The first kappa shape index (κ1) is 22.1. The Morgan fingerprint density at radius 1 is 0.862 bits per heavy atom. The maximum Gasteiger partial charge on any atom is 0.241 e. The van der Waals surface area contributed by atoms with Crippen molar-refractivity contribution in [2.75, 3.05) is 0 Å². The third kappa shape index (κ3) is 4.07. The van der Waals surface area contributed by atoms with E-state index in [4.69, 9.17) is 8.85 Å². The minimum atomic E-state index is -1.54. The van der Waals surface area contributed by atoms with Gasteiger partial charge in [-0.3, -0.25) is 0 Å². The second-order valence-electron chi connectivity index (χ2n) is 13.3. The molecule has 3 fully saturated rings. The quantitative estimate of drug-likeness (QED) is 0.424. The van der Waals surface area contributed by atoms with Gasteiger partial charge >= 0.3 is 0 Å². The molecule has 0 spiro atoms. The van der Waals surface area contributed by atoms with Crippen LogP contribution in [0.15, 0.2) is 11.8 Å². The van der Waals surface area contributed by atoms with Crippen LogP contribution in [0.1, 0.15) is 65.2 Å². The molecule has 0 saturated heterocycles. The summed E-state index contributed by atoms with van der Waals surface area (Å²) in [6.45, 7) is 19.3. The van der Waals surface area contributed by atoms with Gasteiger partial charge in [-0.2, -0.15) is 0 Å². The summed E-state index contributed by atoms with van der Waals surface area (Å²) in [6, 6.07) is 0. The Bertz CT molecular complexity index is 661. The Kier molecular flexibility index (Phi) is 5.52. The highest BCUT2D eigenvalue weighted by Gasteiger charge is 2.59. The fraction of sp³-hybridized carbons (Fsp3) is 0.920. The number of hydrogen-bond acceptors (Lipinski definition) is 2. The van der Waals surface area contributed by atoms with Crippen LogP contribution in [0.2, 0.25) is 39.3 Å². The highest BCUT2D eigenvalue weighted by Crippen LogP contribution is 2.66. The number of fused-ring (bicyclic) bond motifs is 5. The molecule has 166 valence electrons. The van der Waals surface area contributed by atoms with Crippen LogP contribution in [-0.4, -0.2) is 22.7 Å². The first-order valence-electron chi connectivity index (χ1n) is 12.4. The van der Waals surface area contributed by atoms with Crippen molar-refractivity contribution in [3.63, 3.8) is 0 Å². The highest BCUT2D eigenvalue weighted by molar-refractivity contribution is 6.70. The molecule has 4 heteroatoms. The lowest BCUT2D eigenvalue weighted by molar-refractivity contribution is -0.119. The van der Waals surface area contributed by atoms with Crippen LogP contribution in [0.5, 0.6) is 0 Å². The molecule has 0 bridgehead atoms. The zero-order chi connectivity index (χ0) is 21.2. The van der Waals surface area contributed by atoms with Crippen LogP contribution in [0.3, 0.4) is 0 Å². The second kappa shape index (κ2) is 7.23. The Balaban J connectivity index is 1.49. The van der Waals surface area contributed by atoms with E-state index in [1.165, 1.54) is 57.1 Å². The van der Waals surface area contributed by atoms with Gasteiger partial charge in [0.15, 0.2) is 8.32 Å². The molecule has 2 nitrogen and oxygen atoms in total. The largest absolute Gasteiger partial charge is 0.547 e. The summed E-state index contributed by atoms with van der Waals surface area (Å²) in [5.41, 5.74) is 0.856. The maximum absolute atomic E-state index is 6.63. The molecule has 7 atom stereocenters. The van der Waals surface area contributed by atoms with Crippen LogP contribution < -0.4 is 0 Å². The first-order chi connectivity index (χ1) is 13.3. The number of hydrogen-bond donors (Lipinski definition) is 0. The van der Waals surface area contributed by atoms with Crippen molar-refractivity contribution in [3.8, 4) is 0 Å². The van der Waals surface area contributed by atoms with Crippen molar-refractivity contribution >= 4 is 16.6 Å². The van der Waals surface area contributed by atoms with E-state index in [2.05, 4.69) is 59.2 Å². The fourth-order valence-corrected chi connectivity index (χ4v) is 10.0. The molecule has 0 heterocycles. The second-order valence-corrected chi connectivity index (χ2v) is 22.1. The van der Waals surface area contributed by atoms with Crippen LogP contribution in [0.4, 0.5) is 0 Å². The maximum atomic E-state index is 6.63. The minimum absolute atomic E-state index is 0.308. The van der Waals surface area contributed by atoms with E-state index in [1.54, 1.807) is 0 Å². The Labute approximate surface area is 182 Å². The predicted octanol–water partition coefficient (Wildman–Crippen LogP) is 7.59. The zero-order valence-corrected chi connectivity index (χ0v) is 22.4.